The van der Waals surface area contributed by atoms with Crippen LogP contribution in [0.25, 0.3) is 0 Å². The lowest BCUT2D eigenvalue weighted by Crippen LogP contribution is -2.10. The number of hydrogen-bond acceptors (Lipinski definition) is 4. The molecule has 2 aromatic rings. The van der Waals surface area contributed by atoms with E-state index >= 15 is 0 Å². The van der Waals surface area contributed by atoms with Gasteiger partial charge < -0.3 is 11.1 Å². The van der Waals surface area contributed by atoms with Crippen LogP contribution < -0.4 is 11.1 Å². The Kier molecular flexibility index (Phi) is 4.34. The van der Waals surface area contributed by atoms with Crippen molar-refractivity contribution in [2.75, 3.05) is 11.1 Å². The molecule has 0 radical (unpaired) electrons. The number of hydrogen-bond donors (Lipinski definition) is 2. The highest BCUT2D eigenvalue weighted by atomic mass is 35.5. The van der Waals surface area contributed by atoms with Crippen molar-refractivity contribution in [2.24, 2.45) is 0 Å². The van der Waals surface area contributed by atoms with Crippen molar-refractivity contribution in [3.05, 3.63) is 45.0 Å². The summed E-state index contributed by atoms with van der Waals surface area (Å²) in [5.41, 5.74) is 7.24. The summed E-state index contributed by atoms with van der Waals surface area (Å²) in [6, 6.07) is 6.87. The van der Waals surface area contributed by atoms with Crippen molar-refractivity contribution < 1.29 is 0 Å². The number of nitrogens with one attached hydrogen (secondary N) is 1. The Hall–Kier alpha value is -1.23. The van der Waals surface area contributed by atoms with Gasteiger partial charge in [0.1, 0.15) is 0 Å². The minimum absolute atomic E-state index is 0.0765. The maximum atomic E-state index is 6.15. The Bertz CT molecular complexity index is 604. The minimum atomic E-state index is -0.0765. The molecule has 4 nitrogen and oxygen atoms in total. The molecule has 0 saturated heterocycles. The van der Waals surface area contributed by atoms with Crippen LogP contribution in [0.5, 0.6) is 0 Å². The van der Waals surface area contributed by atoms with E-state index in [1.54, 1.807) is 18.2 Å². The number of nitrogen functional groups attached to an aromatic ring is 1. The van der Waals surface area contributed by atoms with Gasteiger partial charge in [0.05, 0.1) is 11.7 Å². The van der Waals surface area contributed by atoms with Gasteiger partial charge in [-0.05, 0) is 24.6 Å². The Morgan fingerprint density at radius 1 is 1.16 bits per heavy atom. The second-order valence-electron chi connectivity index (χ2n) is 4.00. The smallest absolute Gasteiger partial charge is 0.169 e. The van der Waals surface area contributed by atoms with E-state index in [0.29, 0.717) is 15.7 Å². The fourth-order valence-corrected chi connectivity index (χ4v) is 2.38. The largest absolute Gasteiger partial charge is 0.380 e. The van der Waals surface area contributed by atoms with Crippen LogP contribution in [-0.4, -0.2) is 10.2 Å². The molecule has 1 heterocycles. The van der Waals surface area contributed by atoms with E-state index in [0.717, 1.165) is 5.56 Å². The van der Waals surface area contributed by atoms with Crippen LogP contribution in [0.15, 0.2) is 24.3 Å². The standard InChI is InChI=1S/C12H11Cl3N4/c1-6(8-3-2-7(13)4-9(8)14)17-10-5-11(15)18-19-12(10)16/h2-6H,1H3,(H2,16,19)(H,17,18)/t6-/m1/s1. The fourth-order valence-electron chi connectivity index (χ4n) is 1.66. The van der Waals surface area contributed by atoms with Crippen LogP contribution >= 0.6 is 34.8 Å². The predicted molar refractivity (Wildman–Crippen MR) is 80.0 cm³/mol. The number of rotatable bonds is 3. The first-order valence-electron chi connectivity index (χ1n) is 5.47. The number of benzene rings is 1. The lowest BCUT2D eigenvalue weighted by atomic mass is 10.1. The summed E-state index contributed by atoms with van der Waals surface area (Å²) in [7, 11) is 0. The van der Waals surface area contributed by atoms with E-state index < -0.39 is 0 Å². The maximum absolute atomic E-state index is 6.15. The second-order valence-corrected chi connectivity index (χ2v) is 5.23. The van der Waals surface area contributed by atoms with Crippen LogP contribution in [0.4, 0.5) is 11.5 Å². The Labute approximate surface area is 125 Å². The molecule has 1 aromatic carbocycles. The summed E-state index contributed by atoms with van der Waals surface area (Å²) >= 11 is 17.8. The SMILES string of the molecule is C[C@@H](Nc1cc(Cl)nnc1N)c1ccc(Cl)cc1Cl. The molecule has 0 aliphatic heterocycles. The third-order valence-corrected chi connectivity index (χ3v) is 3.34. The van der Waals surface area contributed by atoms with Gasteiger partial charge in [-0.15, -0.1) is 10.2 Å². The maximum Gasteiger partial charge on any atom is 0.169 e. The van der Waals surface area contributed by atoms with Crippen LogP contribution in [0.1, 0.15) is 18.5 Å². The number of anilines is 2. The Morgan fingerprint density at radius 3 is 2.58 bits per heavy atom. The molecule has 100 valence electrons. The summed E-state index contributed by atoms with van der Waals surface area (Å²) < 4.78 is 0. The summed E-state index contributed by atoms with van der Waals surface area (Å²) in [6.07, 6.45) is 0. The fraction of sp³-hybridized carbons (Fsp3) is 0.167. The topological polar surface area (TPSA) is 63.8 Å². The zero-order valence-corrected chi connectivity index (χ0v) is 12.3. The molecular formula is C12H11Cl3N4. The first-order chi connectivity index (χ1) is 8.97. The van der Waals surface area contributed by atoms with E-state index in [-0.39, 0.29) is 17.0 Å². The second kappa shape index (κ2) is 5.82. The molecule has 2 rings (SSSR count). The van der Waals surface area contributed by atoms with E-state index in [2.05, 4.69) is 15.5 Å². The summed E-state index contributed by atoms with van der Waals surface area (Å²) in [4.78, 5) is 0. The van der Waals surface area contributed by atoms with Crippen LogP contribution in [0, 0.1) is 0 Å². The van der Waals surface area contributed by atoms with Gasteiger partial charge in [0.15, 0.2) is 11.0 Å². The third-order valence-electron chi connectivity index (χ3n) is 2.59. The first-order valence-corrected chi connectivity index (χ1v) is 6.61. The third kappa shape index (κ3) is 3.41. The molecule has 0 amide bonds. The Morgan fingerprint density at radius 2 is 1.89 bits per heavy atom. The molecule has 0 aliphatic carbocycles. The molecule has 1 aromatic heterocycles. The van der Waals surface area contributed by atoms with Crippen molar-refractivity contribution in [3.63, 3.8) is 0 Å². The van der Waals surface area contributed by atoms with Gasteiger partial charge in [0.2, 0.25) is 0 Å². The molecule has 0 bridgehead atoms. The zero-order chi connectivity index (χ0) is 14.0. The molecule has 0 unspecified atom stereocenters. The quantitative estimate of drug-likeness (QED) is 0.891. The van der Waals surface area contributed by atoms with Crippen LogP contribution in [-0.2, 0) is 0 Å². The average molecular weight is 318 g/mol. The van der Waals surface area contributed by atoms with E-state index in [9.17, 15) is 0 Å². The van der Waals surface area contributed by atoms with E-state index in [1.807, 2.05) is 13.0 Å². The molecule has 1 atom stereocenters. The number of nitrogens with two attached hydrogens (primary N) is 1. The first kappa shape index (κ1) is 14.2. The molecular weight excluding hydrogens is 307 g/mol. The highest BCUT2D eigenvalue weighted by Crippen LogP contribution is 2.30. The molecule has 19 heavy (non-hydrogen) atoms. The predicted octanol–water partition coefficient (Wildman–Crippen LogP) is 4.19. The number of aromatic nitrogens is 2. The van der Waals surface area contributed by atoms with Crippen molar-refractivity contribution in [2.45, 2.75) is 13.0 Å². The van der Waals surface area contributed by atoms with E-state index in [1.165, 1.54) is 0 Å². The summed E-state index contributed by atoms with van der Waals surface area (Å²) in [5, 5.41) is 12.0. The highest BCUT2D eigenvalue weighted by molar-refractivity contribution is 6.35. The Balaban J connectivity index is 2.25. The van der Waals surface area contributed by atoms with Gasteiger partial charge >= 0.3 is 0 Å². The van der Waals surface area contributed by atoms with E-state index in [4.69, 9.17) is 40.5 Å². The van der Waals surface area contributed by atoms with Gasteiger partial charge in [-0.2, -0.15) is 0 Å². The minimum Gasteiger partial charge on any atom is -0.380 e. The lowest BCUT2D eigenvalue weighted by Gasteiger charge is -2.17. The van der Waals surface area contributed by atoms with Crippen molar-refractivity contribution >= 4 is 46.3 Å². The van der Waals surface area contributed by atoms with Gasteiger partial charge in [-0.25, -0.2) is 0 Å². The number of nitrogens with zero attached hydrogens (tertiary/aromatic N) is 2. The molecule has 7 heteroatoms. The highest BCUT2D eigenvalue weighted by Gasteiger charge is 2.12. The van der Waals surface area contributed by atoms with Gasteiger partial charge in [0.25, 0.3) is 0 Å². The lowest BCUT2D eigenvalue weighted by molar-refractivity contribution is 0.880. The zero-order valence-electron chi connectivity index (χ0n) is 9.99. The van der Waals surface area contributed by atoms with Crippen molar-refractivity contribution in [1.82, 2.24) is 10.2 Å². The molecule has 0 spiro atoms. The van der Waals surface area contributed by atoms with Crippen molar-refractivity contribution in [3.8, 4) is 0 Å². The van der Waals surface area contributed by atoms with Crippen molar-refractivity contribution in [1.29, 1.82) is 0 Å². The van der Waals surface area contributed by atoms with Gasteiger partial charge in [-0.3, -0.25) is 0 Å². The molecule has 3 N–H and O–H groups in total. The normalized spacial score (nSPS) is 12.2. The summed E-state index contributed by atoms with van der Waals surface area (Å²) in [6.45, 7) is 1.95. The number of halogens is 3. The van der Waals surface area contributed by atoms with Crippen LogP contribution in [0.3, 0.4) is 0 Å². The molecule has 0 saturated carbocycles. The molecule has 0 fully saturated rings. The van der Waals surface area contributed by atoms with Gasteiger partial charge in [0, 0.05) is 16.1 Å². The van der Waals surface area contributed by atoms with Gasteiger partial charge in [-0.1, -0.05) is 40.9 Å². The molecule has 0 aliphatic rings. The monoisotopic (exact) mass is 316 g/mol. The average Bonchev–Trinajstić information content (AvgIpc) is 2.33. The van der Waals surface area contributed by atoms with Crippen LogP contribution in [0.2, 0.25) is 15.2 Å². The summed E-state index contributed by atoms with van der Waals surface area (Å²) in [5.74, 6) is 0.279.